The molecule has 4 N–H and O–H groups in total. The summed E-state index contributed by atoms with van der Waals surface area (Å²) in [4.78, 5) is 12.4. The maximum Gasteiger partial charge on any atom is 0.251 e. The van der Waals surface area contributed by atoms with Gasteiger partial charge in [-0.3, -0.25) is 10.2 Å². The van der Waals surface area contributed by atoms with Gasteiger partial charge < -0.3 is 11.1 Å². The molecule has 0 aliphatic carbocycles. The van der Waals surface area contributed by atoms with Crippen LogP contribution < -0.4 is 11.1 Å². The Morgan fingerprint density at radius 1 is 1.24 bits per heavy atom. The van der Waals surface area contributed by atoms with Crippen LogP contribution in [0.5, 0.6) is 0 Å². The van der Waals surface area contributed by atoms with Crippen LogP contribution in [0.3, 0.4) is 0 Å². The number of nitrogens with one attached hydrogen (secondary N) is 2. The van der Waals surface area contributed by atoms with Crippen LogP contribution >= 0.6 is 56.3 Å². The number of hydrogen-bond acceptors (Lipinski definition) is 3. The highest BCUT2D eigenvalue weighted by Crippen LogP contribution is 2.21. The Balaban J connectivity index is 0.00000312. The van der Waals surface area contributed by atoms with Gasteiger partial charge in [-0.15, -0.1) is 17.0 Å². The smallest absolute Gasteiger partial charge is 0.251 e. The predicted octanol–water partition coefficient (Wildman–Crippen LogP) is 4.78. The van der Waals surface area contributed by atoms with Crippen molar-refractivity contribution in [2.45, 2.75) is 12.2 Å². The second-order valence-corrected chi connectivity index (χ2v) is 7.46. The summed E-state index contributed by atoms with van der Waals surface area (Å²) in [5, 5.41) is 11.0. The number of thioether (sulfide) groups is 1. The summed E-state index contributed by atoms with van der Waals surface area (Å²) < 4.78 is 0.888. The normalized spacial score (nSPS) is 10.0. The number of halogens is 3. The predicted molar refractivity (Wildman–Crippen MR) is 115 cm³/mol. The van der Waals surface area contributed by atoms with Crippen LogP contribution in [0.2, 0.25) is 5.02 Å². The van der Waals surface area contributed by atoms with Crippen LogP contribution in [0.25, 0.3) is 0 Å². The van der Waals surface area contributed by atoms with E-state index < -0.39 is 0 Å². The van der Waals surface area contributed by atoms with Gasteiger partial charge in [-0.25, -0.2) is 0 Å². The van der Waals surface area contributed by atoms with Gasteiger partial charge in [0.1, 0.15) is 0 Å². The van der Waals surface area contributed by atoms with Crippen molar-refractivity contribution < 1.29 is 4.79 Å². The molecular weight excluding hydrogens is 490 g/mol. The van der Waals surface area contributed by atoms with E-state index >= 15 is 0 Å². The van der Waals surface area contributed by atoms with E-state index in [0.29, 0.717) is 22.9 Å². The molecular formula is C17H18Br2ClN3OS. The third-order valence-electron chi connectivity index (χ3n) is 3.31. The first kappa shape index (κ1) is 22.0. The molecule has 0 saturated carbocycles. The van der Waals surface area contributed by atoms with Gasteiger partial charge in [-0.1, -0.05) is 51.4 Å². The number of amidine groups is 1. The number of benzene rings is 2. The summed E-state index contributed by atoms with van der Waals surface area (Å²) in [6.45, 7) is 0.538. The molecule has 0 saturated heterocycles. The first-order chi connectivity index (χ1) is 11.5. The highest BCUT2D eigenvalue weighted by molar-refractivity contribution is 9.10. The van der Waals surface area contributed by atoms with Crippen LogP contribution in [-0.4, -0.2) is 17.6 Å². The van der Waals surface area contributed by atoms with E-state index in [9.17, 15) is 4.79 Å². The van der Waals surface area contributed by atoms with E-state index in [1.807, 2.05) is 36.4 Å². The van der Waals surface area contributed by atoms with Crippen molar-refractivity contribution in [2.75, 3.05) is 6.54 Å². The van der Waals surface area contributed by atoms with E-state index in [4.69, 9.17) is 22.7 Å². The molecule has 2 aromatic rings. The Labute approximate surface area is 175 Å². The summed E-state index contributed by atoms with van der Waals surface area (Å²) in [5.41, 5.74) is 7.94. The third-order valence-corrected chi connectivity index (χ3v) is 4.82. The molecule has 0 aliphatic rings. The van der Waals surface area contributed by atoms with Gasteiger partial charge in [-0.05, 0) is 47.9 Å². The Bertz CT molecular complexity index is 741. The number of rotatable bonds is 6. The Kier molecular flexibility index (Phi) is 9.56. The van der Waals surface area contributed by atoms with Crippen LogP contribution in [0.1, 0.15) is 21.5 Å². The molecule has 134 valence electrons. The quantitative estimate of drug-likeness (QED) is 0.389. The number of carbonyl (C=O) groups excluding carboxylic acids is 1. The van der Waals surface area contributed by atoms with Crippen molar-refractivity contribution in [3.05, 3.63) is 68.7 Å². The van der Waals surface area contributed by atoms with Crippen molar-refractivity contribution in [2.24, 2.45) is 5.73 Å². The molecule has 1 amide bonds. The van der Waals surface area contributed by atoms with Crippen molar-refractivity contribution in [3.8, 4) is 0 Å². The third kappa shape index (κ3) is 7.40. The van der Waals surface area contributed by atoms with Crippen LogP contribution in [-0.2, 0) is 12.2 Å². The molecule has 0 aromatic heterocycles. The van der Waals surface area contributed by atoms with Gasteiger partial charge >= 0.3 is 0 Å². The lowest BCUT2D eigenvalue weighted by Crippen LogP contribution is -2.26. The Morgan fingerprint density at radius 3 is 2.56 bits per heavy atom. The van der Waals surface area contributed by atoms with Gasteiger partial charge in [0.2, 0.25) is 0 Å². The van der Waals surface area contributed by atoms with E-state index in [1.54, 1.807) is 6.07 Å². The summed E-state index contributed by atoms with van der Waals surface area (Å²) in [5.74, 6) is 0.352. The second-order valence-electron chi connectivity index (χ2n) is 5.09. The van der Waals surface area contributed by atoms with Crippen molar-refractivity contribution in [1.29, 1.82) is 5.41 Å². The zero-order valence-electron chi connectivity index (χ0n) is 13.2. The molecule has 2 aromatic carbocycles. The molecule has 0 atom stereocenters. The largest absolute Gasteiger partial charge is 0.379 e. The maximum atomic E-state index is 12.4. The summed E-state index contributed by atoms with van der Waals surface area (Å²) in [7, 11) is 0. The topological polar surface area (TPSA) is 79.0 Å². The van der Waals surface area contributed by atoms with E-state index in [1.165, 1.54) is 11.8 Å². The number of carbonyl (C=O) groups is 1. The minimum atomic E-state index is -0.129. The zero-order valence-corrected chi connectivity index (χ0v) is 18.1. The summed E-state index contributed by atoms with van der Waals surface area (Å²) in [6.07, 6.45) is 0.733. The fourth-order valence-corrected chi connectivity index (χ4v) is 3.21. The van der Waals surface area contributed by atoms with E-state index in [-0.39, 0.29) is 28.1 Å². The minimum Gasteiger partial charge on any atom is -0.379 e. The van der Waals surface area contributed by atoms with Gasteiger partial charge in [0.15, 0.2) is 5.17 Å². The van der Waals surface area contributed by atoms with Crippen molar-refractivity contribution >= 4 is 67.3 Å². The number of hydrogen-bond donors (Lipinski definition) is 3. The highest BCUT2D eigenvalue weighted by atomic mass is 79.9. The molecule has 0 bridgehead atoms. The average Bonchev–Trinajstić information content (AvgIpc) is 2.54. The maximum absolute atomic E-state index is 12.4. The zero-order chi connectivity index (χ0) is 17.5. The summed E-state index contributed by atoms with van der Waals surface area (Å²) in [6, 6.07) is 13.1. The first-order valence-electron chi connectivity index (χ1n) is 7.23. The van der Waals surface area contributed by atoms with Crippen LogP contribution in [0, 0.1) is 5.41 Å². The van der Waals surface area contributed by atoms with Crippen LogP contribution in [0.4, 0.5) is 0 Å². The molecule has 2 rings (SSSR count). The van der Waals surface area contributed by atoms with Crippen molar-refractivity contribution in [1.82, 2.24) is 5.32 Å². The molecule has 8 heteroatoms. The van der Waals surface area contributed by atoms with Gasteiger partial charge in [0, 0.05) is 27.4 Å². The fraction of sp³-hybridized carbons (Fsp3) is 0.176. The highest BCUT2D eigenvalue weighted by Gasteiger charge is 2.12. The molecule has 0 spiro atoms. The van der Waals surface area contributed by atoms with E-state index in [0.717, 1.165) is 22.0 Å². The lowest BCUT2D eigenvalue weighted by Gasteiger charge is -2.11. The van der Waals surface area contributed by atoms with Gasteiger partial charge in [0.05, 0.1) is 0 Å². The Morgan fingerprint density at radius 2 is 1.92 bits per heavy atom. The molecule has 0 radical (unpaired) electrons. The monoisotopic (exact) mass is 505 g/mol. The standard InChI is InChI=1S/C17H17BrClN3OS.BrH/c18-13-3-6-15(12(9-13)10-24-17(20)21)16(23)22-8-7-11-1-4-14(19)5-2-11;/h1-6,9H,7-8,10H2,(H3,20,21)(H,22,23);1H. The molecule has 0 aliphatic heterocycles. The Hall–Kier alpha value is -1.02. The summed E-state index contributed by atoms with van der Waals surface area (Å²) >= 11 is 10.5. The average molecular weight is 508 g/mol. The molecule has 25 heavy (non-hydrogen) atoms. The molecule has 0 fully saturated rings. The molecule has 0 heterocycles. The SMILES string of the molecule is Br.N=C(N)SCc1cc(Br)ccc1C(=O)NCCc1ccc(Cl)cc1. The van der Waals surface area contributed by atoms with E-state index in [2.05, 4.69) is 21.2 Å². The lowest BCUT2D eigenvalue weighted by molar-refractivity contribution is 0.0953. The van der Waals surface area contributed by atoms with Gasteiger partial charge in [0.25, 0.3) is 5.91 Å². The van der Waals surface area contributed by atoms with Crippen molar-refractivity contribution in [3.63, 3.8) is 0 Å². The lowest BCUT2D eigenvalue weighted by atomic mass is 10.1. The second kappa shape index (κ2) is 10.9. The molecule has 0 unspecified atom stereocenters. The van der Waals surface area contributed by atoms with Gasteiger partial charge in [-0.2, -0.15) is 0 Å². The van der Waals surface area contributed by atoms with Crippen LogP contribution in [0.15, 0.2) is 46.9 Å². The fourth-order valence-electron chi connectivity index (χ4n) is 2.13. The first-order valence-corrected chi connectivity index (χ1v) is 9.39. The molecule has 4 nitrogen and oxygen atoms in total. The minimum absolute atomic E-state index is 0. The number of amides is 1. The number of nitrogens with two attached hydrogens (primary N) is 1.